The molecule has 0 atom stereocenters. The zero-order valence-electron chi connectivity index (χ0n) is 14.6. The maximum absolute atomic E-state index is 13.5. The fourth-order valence-electron chi connectivity index (χ4n) is 3.07. The van der Waals surface area contributed by atoms with Gasteiger partial charge in [0.2, 0.25) is 0 Å². The Bertz CT molecular complexity index is 1020. The number of hydrogen-bond donors (Lipinski definition) is 0. The summed E-state index contributed by atoms with van der Waals surface area (Å²) in [6, 6.07) is 10.3. The Labute approximate surface area is 149 Å². The van der Waals surface area contributed by atoms with Gasteiger partial charge in [0, 0.05) is 18.7 Å². The highest BCUT2D eigenvalue weighted by molar-refractivity contribution is 5.48. The molecule has 0 unspecified atom stereocenters. The van der Waals surface area contributed by atoms with Gasteiger partial charge in [-0.15, -0.1) is 0 Å². The molecule has 0 spiro atoms. The van der Waals surface area contributed by atoms with Crippen LogP contribution in [0.1, 0.15) is 35.4 Å². The predicted molar refractivity (Wildman–Crippen MR) is 94.0 cm³/mol. The lowest BCUT2D eigenvalue weighted by Crippen LogP contribution is -2.23. The fourth-order valence-corrected chi connectivity index (χ4v) is 3.07. The van der Waals surface area contributed by atoms with Crippen molar-refractivity contribution in [1.82, 2.24) is 19.8 Å². The van der Waals surface area contributed by atoms with Gasteiger partial charge in [-0.05, 0) is 59.4 Å². The van der Waals surface area contributed by atoms with Crippen molar-refractivity contribution in [2.45, 2.75) is 32.3 Å². The van der Waals surface area contributed by atoms with E-state index < -0.39 is 0 Å². The minimum absolute atomic E-state index is 0.231. The molecule has 0 amide bonds. The largest absolute Gasteiger partial charge is 0.488 e. The molecule has 0 bridgehead atoms. The molecule has 1 saturated carbocycles. The van der Waals surface area contributed by atoms with E-state index in [-0.39, 0.29) is 18.1 Å². The van der Waals surface area contributed by atoms with E-state index in [1.165, 1.54) is 21.5 Å². The first-order valence-corrected chi connectivity index (χ1v) is 8.54. The Balaban J connectivity index is 1.75. The molecule has 26 heavy (non-hydrogen) atoms. The average molecular weight is 354 g/mol. The summed E-state index contributed by atoms with van der Waals surface area (Å²) in [6.07, 6.45) is 2.23. The van der Waals surface area contributed by atoms with Gasteiger partial charge in [0.1, 0.15) is 18.2 Å². The van der Waals surface area contributed by atoms with Crippen LogP contribution in [0.3, 0.4) is 0 Å². The van der Waals surface area contributed by atoms with Crippen molar-refractivity contribution in [3.05, 3.63) is 69.4 Å². The van der Waals surface area contributed by atoms with Crippen LogP contribution in [0.5, 0.6) is 5.75 Å². The van der Waals surface area contributed by atoms with Crippen LogP contribution in [0.4, 0.5) is 4.39 Å². The highest BCUT2D eigenvalue weighted by Crippen LogP contribution is 2.43. The van der Waals surface area contributed by atoms with Crippen molar-refractivity contribution in [1.29, 1.82) is 0 Å². The SMILES string of the molecule is Cc1ccc(F)cc1OCc1c(C2CC2)cccc1-n1nnn(C)c1=O. The maximum Gasteiger partial charge on any atom is 0.368 e. The minimum Gasteiger partial charge on any atom is -0.488 e. The number of hydrogen-bond acceptors (Lipinski definition) is 4. The van der Waals surface area contributed by atoms with E-state index in [4.69, 9.17) is 4.74 Å². The lowest BCUT2D eigenvalue weighted by Gasteiger charge is -2.16. The molecule has 3 aromatic rings. The molecular weight excluding hydrogens is 335 g/mol. The summed E-state index contributed by atoms with van der Waals surface area (Å²) in [5.41, 5.74) is 3.23. The molecule has 4 rings (SSSR count). The molecule has 6 nitrogen and oxygen atoms in total. The van der Waals surface area contributed by atoms with Gasteiger partial charge in [-0.25, -0.2) is 9.18 Å². The van der Waals surface area contributed by atoms with Crippen molar-refractivity contribution >= 4 is 0 Å². The van der Waals surface area contributed by atoms with E-state index in [1.54, 1.807) is 13.1 Å². The highest BCUT2D eigenvalue weighted by atomic mass is 19.1. The number of nitrogens with zero attached hydrogens (tertiary/aromatic N) is 4. The number of aromatic nitrogens is 4. The quantitative estimate of drug-likeness (QED) is 0.707. The molecule has 1 aromatic heterocycles. The van der Waals surface area contributed by atoms with E-state index in [0.717, 1.165) is 29.5 Å². The molecular formula is C19H19FN4O2. The van der Waals surface area contributed by atoms with Crippen LogP contribution in [0.2, 0.25) is 0 Å². The minimum atomic E-state index is -0.341. The number of aryl methyl sites for hydroxylation is 2. The topological polar surface area (TPSA) is 61.9 Å². The number of benzene rings is 2. The summed E-state index contributed by atoms with van der Waals surface area (Å²) >= 11 is 0. The van der Waals surface area contributed by atoms with Crippen molar-refractivity contribution < 1.29 is 9.13 Å². The molecule has 1 aliphatic rings. The van der Waals surface area contributed by atoms with Crippen LogP contribution in [0, 0.1) is 12.7 Å². The second-order valence-corrected chi connectivity index (χ2v) is 6.61. The Morgan fingerprint density at radius 2 is 2.04 bits per heavy atom. The molecule has 134 valence electrons. The third-order valence-corrected chi connectivity index (χ3v) is 4.68. The Hall–Kier alpha value is -2.96. The normalized spacial score (nSPS) is 13.8. The van der Waals surface area contributed by atoms with Crippen LogP contribution < -0.4 is 10.4 Å². The zero-order valence-corrected chi connectivity index (χ0v) is 14.6. The first-order valence-electron chi connectivity index (χ1n) is 8.54. The molecule has 0 radical (unpaired) electrons. The Kier molecular flexibility index (Phi) is 4.06. The summed E-state index contributed by atoms with van der Waals surface area (Å²) in [5.74, 6) is 0.619. The van der Waals surface area contributed by atoms with Crippen LogP contribution in [0.25, 0.3) is 5.69 Å². The number of ether oxygens (including phenoxy) is 1. The van der Waals surface area contributed by atoms with Crippen molar-refractivity contribution in [3.8, 4) is 11.4 Å². The summed E-state index contributed by atoms with van der Waals surface area (Å²) in [7, 11) is 1.56. The van der Waals surface area contributed by atoms with Crippen molar-refractivity contribution in [2.75, 3.05) is 0 Å². The smallest absolute Gasteiger partial charge is 0.368 e. The maximum atomic E-state index is 13.5. The van der Waals surface area contributed by atoms with Gasteiger partial charge in [0.15, 0.2) is 0 Å². The second kappa shape index (κ2) is 6.40. The lowest BCUT2D eigenvalue weighted by molar-refractivity contribution is 0.300. The van der Waals surface area contributed by atoms with Crippen molar-refractivity contribution in [2.24, 2.45) is 7.05 Å². The second-order valence-electron chi connectivity index (χ2n) is 6.61. The number of halogens is 1. The molecule has 2 aromatic carbocycles. The average Bonchev–Trinajstić information content (AvgIpc) is 3.42. The summed E-state index contributed by atoms with van der Waals surface area (Å²) in [4.78, 5) is 12.3. The van der Waals surface area contributed by atoms with Crippen LogP contribution in [0.15, 0.2) is 41.2 Å². The van der Waals surface area contributed by atoms with Crippen LogP contribution in [-0.2, 0) is 13.7 Å². The van der Waals surface area contributed by atoms with Crippen LogP contribution in [-0.4, -0.2) is 19.8 Å². The van der Waals surface area contributed by atoms with E-state index in [0.29, 0.717) is 17.4 Å². The fraction of sp³-hybridized carbons (Fsp3) is 0.316. The van der Waals surface area contributed by atoms with Gasteiger partial charge >= 0.3 is 5.69 Å². The van der Waals surface area contributed by atoms with E-state index >= 15 is 0 Å². The van der Waals surface area contributed by atoms with Crippen LogP contribution >= 0.6 is 0 Å². The summed E-state index contributed by atoms with van der Waals surface area (Å²) < 4.78 is 21.9. The lowest BCUT2D eigenvalue weighted by atomic mass is 10.0. The first kappa shape index (κ1) is 16.5. The highest BCUT2D eigenvalue weighted by Gasteiger charge is 2.28. The Morgan fingerprint density at radius 1 is 1.23 bits per heavy atom. The number of rotatable bonds is 5. The molecule has 1 heterocycles. The molecule has 0 saturated heterocycles. The molecule has 1 aliphatic carbocycles. The number of tetrazole rings is 1. The van der Waals surface area contributed by atoms with Gasteiger partial charge in [0.05, 0.1) is 5.69 Å². The van der Waals surface area contributed by atoms with Gasteiger partial charge in [-0.3, -0.25) is 0 Å². The summed E-state index contributed by atoms with van der Waals surface area (Å²) in [5, 5.41) is 7.75. The monoisotopic (exact) mass is 354 g/mol. The van der Waals surface area contributed by atoms with Gasteiger partial charge in [-0.1, -0.05) is 18.2 Å². The zero-order chi connectivity index (χ0) is 18.3. The molecule has 0 aliphatic heterocycles. The van der Waals surface area contributed by atoms with E-state index in [2.05, 4.69) is 16.5 Å². The van der Waals surface area contributed by atoms with E-state index in [1.807, 2.05) is 19.1 Å². The van der Waals surface area contributed by atoms with Crippen molar-refractivity contribution in [3.63, 3.8) is 0 Å². The van der Waals surface area contributed by atoms with Gasteiger partial charge in [0.25, 0.3) is 0 Å². The standard InChI is InChI=1S/C19H19FN4O2/c1-12-6-9-14(20)10-18(12)26-11-16-15(13-7-8-13)4-3-5-17(16)24-19(25)23(2)21-22-24/h3-6,9-10,13H,7-8,11H2,1-2H3. The van der Waals surface area contributed by atoms with E-state index in [9.17, 15) is 9.18 Å². The first-order chi connectivity index (χ1) is 12.5. The third-order valence-electron chi connectivity index (χ3n) is 4.68. The van der Waals surface area contributed by atoms with Gasteiger partial charge in [-0.2, -0.15) is 9.36 Å². The molecule has 7 heteroatoms. The Morgan fingerprint density at radius 3 is 2.73 bits per heavy atom. The predicted octanol–water partition coefficient (Wildman–Crippen LogP) is 2.87. The molecule has 0 N–H and O–H groups in total. The van der Waals surface area contributed by atoms with Gasteiger partial charge < -0.3 is 4.74 Å². The molecule has 1 fully saturated rings. The summed E-state index contributed by atoms with van der Waals surface area (Å²) in [6.45, 7) is 2.10. The third kappa shape index (κ3) is 3.00.